The molecule has 2 aromatic rings. The summed E-state index contributed by atoms with van der Waals surface area (Å²) in [5.74, 6) is 0.187. The highest BCUT2D eigenvalue weighted by molar-refractivity contribution is 6.36. The van der Waals surface area contributed by atoms with E-state index in [-0.39, 0.29) is 11.9 Å². The molecule has 2 heterocycles. The number of para-hydroxylation sites is 1. The molecule has 2 aliphatic rings. The van der Waals surface area contributed by atoms with Crippen molar-refractivity contribution in [2.24, 2.45) is 0 Å². The van der Waals surface area contributed by atoms with E-state index in [9.17, 15) is 9.59 Å². The highest BCUT2D eigenvalue weighted by Crippen LogP contribution is 2.41. The first-order valence-electron chi connectivity index (χ1n) is 8.42. The molecule has 26 heavy (non-hydrogen) atoms. The Bertz CT molecular complexity index is 933. The normalized spacial score (nSPS) is 17.2. The van der Waals surface area contributed by atoms with E-state index in [1.165, 1.54) is 6.92 Å². The van der Waals surface area contributed by atoms with Gasteiger partial charge in [0.2, 0.25) is 0 Å². The van der Waals surface area contributed by atoms with E-state index in [0.717, 1.165) is 28.1 Å². The Morgan fingerprint density at radius 2 is 2.08 bits per heavy atom. The minimum Gasteiger partial charge on any atom is -0.487 e. The van der Waals surface area contributed by atoms with Crippen LogP contribution < -0.4 is 10.6 Å². The van der Waals surface area contributed by atoms with Crippen molar-refractivity contribution in [2.75, 3.05) is 23.8 Å². The number of nitrogens with one attached hydrogen (secondary N) is 2. The first-order chi connectivity index (χ1) is 12.6. The van der Waals surface area contributed by atoms with E-state index >= 15 is 0 Å². The first kappa shape index (κ1) is 16.2. The highest BCUT2D eigenvalue weighted by atomic mass is 16.5. The number of benzene rings is 2. The molecule has 0 aromatic heterocycles. The van der Waals surface area contributed by atoms with Crippen LogP contribution in [0.15, 0.2) is 42.5 Å². The van der Waals surface area contributed by atoms with Crippen LogP contribution in [0.25, 0.3) is 11.3 Å². The number of hydrogen-bond donors (Lipinski definition) is 2. The number of esters is 1. The summed E-state index contributed by atoms with van der Waals surface area (Å²) in [6, 6.07) is 13.5. The van der Waals surface area contributed by atoms with E-state index in [0.29, 0.717) is 31.1 Å². The van der Waals surface area contributed by atoms with Gasteiger partial charge in [-0.1, -0.05) is 18.2 Å². The molecule has 0 atom stereocenters. The maximum absolute atomic E-state index is 12.4. The van der Waals surface area contributed by atoms with Gasteiger partial charge < -0.3 is 20.1 Å². The average molecular weight is 350 g/mol. The Kier molecular flexibility index (Phi) is 4.08. The molecule has 0 unspecified atom stereocenters. The van der Waals surface area contributed by atoms with Crippen LogP contribution in [0, 0.1) is 0 Å². The summed E-state index contributed by atoms with van der Waals surface area (Å²) in [5.41, 5.74) is 5.11. The Morgan fingerprint density at radius 3 is 2.92 bits per heavy atom. The van der Waals surface area contributed by atoms with Crippen molar-refractivity contribution in [3.8, 4) is 0 Å². The van der Waals surface area contributed by atoms with Crippen molar-refractivity contribution in [3.05, 3.63) is 59.2 Å². The Balaban J connectivity index is 1.59. The molecule has 2 N–H and O–H groups in total. The maximum atomic E-state index is 12.4. The smallest absolute Gasteiger partial charge is 0.302 e. The van der Waals surface area contributed by atoms with Crippen molar-refractivity contribution in [3.63, 3.8) is 0 Å². The van der Waals surface area contributed by atoms with Crippen molar-refractivity contribution in [2.45, 2.75) is 13.5 Å². The van der Waals surface area contributed by atoms with Crippen LogP contribution in [0.2, 0.25) is 0 Å². The van der Waals surface area contributed by atoms with Gasteiger partial charge in [0.25, 0.3) is 5.91 Å². The van der Waals surface area contributed by atoms with Crippen LogP contribution >= 0.6 is 0 Å². The summed E-state index contributed by atoms with van der Waals surface area (Å²) in [6.07, 6.45) is 0. The quantitative estimate of drug-likeness (QED) is 0.504. The molecular formula is C20H18N2O4. The maximum Gasteiger partial charge on any atom is 0.302 e. The molecule has 2 aromatic carbocycles. The number of rotatable bonds is 4. The van der Waals surface area contributed by atoms with Crippen molar-refractivity contribution >= 4 is 34.6 Å². The predicted molar refractivity (Wildman–Crippen MR) is 98.2 cm³/mol. The van der Waals surface area contributed by atoms with Gasteiger partial charge in [-0.25, -0.2) is 0 Å². The van der Waals surface area contributed by atoms with Crippen molar-refractivity contribution < 1.29 is 19.1 Å². The standard InChI is InChI=1S/C20H18N2O4/c1-12(23)25-9-8-21-14-6-7-15-13(10-14)11-26-19(15)18-16-4-2-3-5-17(16)22-20(18)24/h2-7,10,21H,8-9,11H2,1H3,(H,22,24)/b19-18+. The molecule has 0 bridgehead atoms. The van der Waals surface area contributed by atoms with E-state index in [4.69, 9.17) is 9.47 Å². The summed E-state index contributed by atoms with van der Waals surface area (Å²) < 4.78 is 10.8. The second-order valence-electron chi connectivity index (χ2n) is 6.13. The van der Waals surface area contributed by atoms with E-state index in [1.807, 2.05) is 42.5 Å². The molecule has 4 rings (SSSR count). The minimum atomic E-state index is -0.291. The number of fused-ring (bicyclic) bond motifs is 2. The van der Waals surface area contributed by atoms with Gasteiger partial charge in [-0.3, -0.25) is 9.59 Å². The van der Waals surface area contributed by atoms with Gasteiger partial charge in [0, 0.05) is 41.5 Å². The van der Waals surface area contributed by atoms with Gasteiger partial charge in [-0.15, -0.1) is 0 Å². The van der Waals surface area contributed by atoms with Gasteiger partial charge in [0.05, 0.1) is 5.57 Å². The highest BCUT2D eigenvalue weighted by Gasteiger charge is 2.32. The Morgan fingerprint density at radius 1 is 1.23 bits per heavy atom. The lowest BCUT2D eigenvalue weighted by atomic mass is 10.0. The molecule has 0 saturated heterocycles. The fourth-order valence-electron chi connectivity index (χ4n) is 3.21. The van der Waals surface area contributed by atoms with Gasteiger partial charge in [0.1, 0.15) is 19.0 Å². The topological polar surface area (TPSA) is 76.7 Å². The summed E-state index contributed by atoms with van der Waals surface area (Å²) in [5, 5.41) is 6.09. The SMILES string of the molecule is CC(=O)OCCNc1ccc2c(c1)CO/C2=C1/C(=O)Nc2ccccc21. The minimum absolute atomic E-state index is 0.141. The van der Waals surface area contributed by atoms with Gasteiger partial charge in [-0.2, -0.15) is 0 Å². The van der Waals surface area contributed by atoms with Crippen LogP contribution in [0.5, 0.6) is 0 Å². The number of ether oxygens (including phenoxy) is 2. The second kappa shape index (κ2) is 6.55. The van der Waals surface area contributed by atoms with Gasteiger partial charge in [0.15, 0.2) is 0 Å². The van der Waals surface area contributed by atoms with Crippen LogP contribution in [0.4, 0.5) is 11.4 Å². The summed E-state index contributed by atoms with van der Waals surface area (Å²) >= 11 is 0. The first-order valence-corrected chi connectivity index (χ1v) is 8.42. The molecular weight excluding hydrogens is 332 g/mol. The summed E-state index contributed by atoms with van der Waals surface area (Å²) in [6.45, 7) is 2.65. The second-order valence-corrected chi connectivity index (χ2v) is 6.13. The Hall–Kier alpha value is -3.28. The third-order valence-corrected chi connectivity index (χ3v) is 4.36. The van der Waals surface area contributed by atoms with E-state index in [1.54, 1.807) is 0 Å². The van der Waals surface area contributed by atoms with Crippen LogP contribution in [0.1, 0.15) is 23.6 Å². The number of anilines is 2. The zero-order valence-corrected chi connectivity index (χ0v) is 14.3. The lowest BCUT2D eigenvalue weighted by Crippen LogP contribution is -2.11. The number of hydrogen-bond acceptors (Lipinski definition) is 5. The van der Waals surface area contributed by atoms with Crippen molar-refractivity contribution in [1.29, 1.82) is 0 Å². The lowest BCUT2D eigenvalue weighted by molar-refractivity contribution is -0.140. The molecule has 0 saturated carbocycles. The molecule has 6 nitrogen and oxygen atoms in total. The molecule has 132 valence electrons. The molecule has 2 aliphatic heterocycles. The Labute approximate surface area is 150 Å². The lowest BCUT2D eigenvalue weighted by Gasteiger charge is -2.08. The number of carbonyl (C=O) groups is 2. The fourth-order valence-corrected chi connectivity index (χ4v) is 3.21. The third-order valence-electron chi connectivity index (χ3n) is 4.36. The summed E-state index contributed by atoms with van der Waals surface area (Å²) in [7, 11) is 0. The van der Waals surface area contributed by atoms with E-state index in [2.05, 4.69) is 10.6 Å². The molecule has 6 heteroatoms. The van der Waals surface area contributed by atoms with Crippen LogP contribution in [0.3, 0.4) is 0 Å². The third kappa shape index (κ3) is 2.90. The molecule has 0 spiro atoms. The van der Waals surface area contributed by atoms with E-state index < -0.39 is 0 Å². The number of carbonyl (C=O) groups excluding carboxylic acids is 2. The monoisotopic (exact) mass is 350 g/mol. The van der Waals surface area contributed by atoms with Gasteiger partial charge in [-0.05, 0) is 24.3 Å². The van der Waals surface area contributed by atoms with Crippen LogP contribution in [-0.4, -0.2) is 25.0 Å². The largest absolute Gasteiger partial charge is 0.487 e. The molecule has 0 aliphatic carbocycles. The fraction of sp³-hybridized carbons (Fsp3) is 0.200. The zero-order chi connectivity index (χ0) is 18.1. The number of amides is 1. The van der Waals surface area contributed by atoms with Crippen molar-refractivity contribution in [1.82, 2.24) is 0 Å². The predicted octanol–water partition coefficient (Wildman–Crippen LogP) is 3.01. The molecule has 0 fully saturated rings. The van der Waals surface area contributed by atoms with Crippen LogP contribution in [-0.2, 0) is 25.7 Å². The molecule has 1 amide bonds. The summed E-state index contributed by atoms with van der Waals surface area (Å²) in [4.78, 5) is 23.2. The average Bonchev–Trinajstić information content (AvgIpc) is 3.17. The zero-order valence-electron chi connectivity index (χ0n) is 14.3. The molecule has 0 radical (unpaired) electrons. The van der Waals surface area contributed by atoms with Gasteiger partial charge >= 0.3 is 5.97 Å².